The summed E-state index contributed by atoms with van der Waals surface area (Å²) in [6.45, 7) is 2.61. The van der Waals surface area contributed by atoms with Gasteiger partial charge in [0.1, 0.15) is 11.4 Å². The van der Waals surface area contributed by atoms with Crippen molar-refractivity contribution < 1.29 is 14.3 Å². The van der Waals surface area contributed by atoms with E-state index in [2.05, 4.69) is 6.08 Å². The number of hydrogen-bond donors (Lipinski definition) is 0. The van der Waals surface area contributed by atoms with Gasteiger partial charge in [-0.05, 0) is 36.3 Å². The number of ether oxygens (including phenoxy) is 1. The molecule has 3 rings (SSSR count). The van der Waals surface area contributed by atoms with Crippen molar-refractivity contribution in [2.75, 3.05) is 20.2 Å². The molecule has 0 unspecified atom stereocenters. The molecule has 0 radical (unpaired) electrons. The maximum Gasteiger partial charge on any atom is 0.271 e. The first-order valence-electron chi connectivity index (χ1n) is 7.79. The summed E-state index contributed by atoms with van der Waals surface area (Å²) in [6, 6.07) is 9.48. The Morgan fingerprint density at radius 2 is 2.00 bits per heavy atom. The van der Waals surface area contributed by atoms with Gasteiger partial charge in [-0.1, -0.05) is 18.2 Å². The molecule has 0 N–H and O–H groups in total. The number of Topliss-reactive ketones (excluding diaryl/α,β-unsaturated/α-hetero) is 1. The van der Waals surface area contributed by atoms with Gasteiger partial charge in [-0.2, -0.15) is 0 Å². The lowest BCUT2D eigenvalue weighted by molar-refractivity contribution is 0.0792. The number of carbonyl (C=O) groups excluding carboxylic acids is 2. The van der Waals surface area contributed by atoms with Crippen molar-refractivity contribution in [2.24, 2.45) is 7.05 Å². The molecule has 0 spiro atoms. The second kappa shape index (κ2) is 6.35. The van der Waals surface area contributed by atoms with Crippen molar-refractivity contribution in [2.45, 2.75) is 6.92 Å². The number of aryl methyl sites for hydroxylation is 1. The van der Waals surface area contributed by atoms with Gasteiger partial charge in [-0.15, -0.1) is 0 Å². The summed E-state index contributed by atoms with van der Waals surface area (Å²) in [5, 5.41) is 0. The van der Waals surface area contributed by atoms with Crippen LogP contribution in [0.5, 0.6) is 5.75 Å². The average Bonchev–Trinajstić information content (AvgIpc) is 3.21. The van der Waals surface area contributed by atoms with E-state index in [0.29, 0.717) is 24.3 Å². The van der Waals surface area contributed by atoms with E-state index in [1.165, 1.54) is 6.92 Å². The average molecular weight is 324 g/mol. The molecule has 0 atom stereocenters. The Balaban J connectivity index is 1.77. The zero-order valence-corrected chi connectivity index (χ0v) is 14.1. The first-order valence-corrected chi connectivity index (χ1v) is 7.79. The molecule has 5 nitrogen and oxygen atoms in total. The van der Waals surface area contributed by atoms with E-state index >= 15 is 0 Å². The van der Waals surface area contributed by atoms with Gasteiger partial charge in [0.15, 0.2) is 5.78 Å². The van der Waals surface area contributed by atoms with Crippen molar-refractivity contribution in [3.63, 3.8) is 0 Å². The molecule has 1 aromatic heterocycles. The summed E-state index contributed by atoms with van der Waals surface area (Å²) < 4.78 is 6.97. The van der Waals surface area contributed by atoms with E-state index in [-0.39, 0.29) is 11.7 Å². The monoisotopic (exact) mass is 324 g/mol. The molecule has 1 aliphatic heterocycles. The van der Waals surface area contributed by atoms with Crippen molar-refractivity contribution >= 4 is 17.3 Å². The third kappa shape index (κ3) is 2.97. The van der Waals surface area contributed by atoms with Gasteiger partial charge in [0.25, 0.3) is 5.91 Å². The second-order valence-electron chi connectivity index (χ2n) is 5.93. The SMILES string of the molecule is COc1cccc(C2=CCN(C(=O)c3cc(C(C)=O)cn3C)C2)c1. The van der Waals surface area contributed by atoms with Crippen LogP contribution in [0.3, 0.4) is 0 Å². The third-order valence-corrected chi connectivity index (χ3v) is 4.28. The standard InChI is InChI=1S/C19H20N2O3/c1-13(22)16-10-18(20(2)11-16)19(23)21-8-7-15(12-21)14-5-4-6-17(9-14)24-3/h4-7,9-11H,8,12H2,1-3H3. The Kier molecular flexibility index (Phi) is 4.25. The fourth-order valence-corrected chi connectivity index (χ4v) is 2.87. The summed E-state index contributed by atoms with van der Waals surface area (Å²) in [5.74, 6) is 0.687. The highest BCUT2D eigenvalue weighted by Crippen LogP contribution is 2.25. The molecule has 0 bridgehead atoms. The number of carbonyl (C=O) groups is 2. The Bertz CT molecular complexity index is 833. The highest BCUT2D eigenvalue weighted by atomic mass is 16.5. The topological polar surface area (TPSA) is 51.5 Å². The molecule has 0 aliphatic carbocycles. The third-order valence-electron chi connectivity index (χ3n) is 4.28. The fraction of sp³-hybridized carbons (Fsp3) is 0.263. The lowest BCUT2D eigenvalue weighted by Gasteiger charge is -2.17. The van der Waals surface area contributed by atoms with Crippen molar-refractivity contribution in [3.8, 4) is 5.75 Å². The Labute approximate surface area is 141 Å². The Hall–Kier alpha value is -2.82. The number of aromatic nitrogens is 1. The first-order chi connectivity index (χ1) is 11.5. The Morgan fingerprint density at radius 3 is 2.67 bits per heavy atom. The molecule has 0 fully saturated rings. The molecule has 2 heterocycles. The van der Waals surface area contributed by atoms with Crippen LogP contribution in [0.15, 0.2) is 42.6 Å². The Morgan fingerprint density at radius 1 is 1.21 bits per heavy atom. The lowest BCUT2D eigenvalue weighted by Crippen LogP contribution is -2.30. The number of benzene rings is 1. The largest absolute Gasteiger partial charge is 0.497 e. The minimum Gasteiger partial charge on any atom is -0.497 e. The van der Waals surface area contributed by atoms with Crippen molar-refractivity contribution in [3.05, 3.63) is 59.4 Å². The molecule has 2 aromatic rings. The maximum atomic E-state index is 12.7. The van der Waals surface area contributed by atoms with E-state index in [0.717, 1.165) is 16.9 Å². The molecule has 1 aromatic carbocycles. The van der Waals surface area contributed by atoms with Gasteiger partial charge >= 0.3 is 0 Å². The predicted octanol–water partition coefficient (Wildman–Crippen LogP) is 2.78. The van der Waals surface area contributed by atoms with Crippen LogP contribution < -0.4 is 4.74 Å². The minimum atomic E-state index is -0.0702. The number of nitrogens with zero attached hydrogens (tertiary/aromatic N) is 2. The summed E-state index contributed by atoms with van der Waals surface area (Å²) in [5.41, 5.74) is 3.24. The van der Waals surface area contributed by atoms with Crippen LogP contribution in [-0.2, 0) is 7.05 Å². The van der Waals surface area contributed by atoms with E-state index in [9.17, 15) is 9.59 Å². The van der Waals surface area contributed by atoms with Gasteiger partial charge < -0.3 is 14.2 Å². The van der Waals surface area contributed by atoms with Crippen molar-refractivity contribution in [1.29, 1.82) is 0 Å². The highest BCUT2D eigenvalue weighted by molar-refractivity contribution is 6.00. The first kappa shape index (κ1) is 16.1. The van der Waals surface area contributed by atoms with Crippen LogP contribution in [0, 0.1) is 0 Å². The fourth-order valence-electron chi connectivity index (χ4n) is 2.87. The van der Waals surface area contributed by atoms with Crippen LogP contribution in [0.1, 0.15) is 33.3 Å². The van der Waals surface area contributed by atoms with Crippen molar-refractivity contribution in [1.82, 2.24) is 9.47 Å². The molecule has 5 heteroatoms. The smallest absolute Gasteiger partial charge is 0.271 e. The molecule has 0 saturated heterocycles. The summed E-state index contributed by atoms with van der Waals surface area (Å²) >= 11 is 0. The number of ketones is 1. The summed E-state index contributed by atoms with van der Waals surface area (Å²) in [7, 11) is 3.42. The number of amides is 1. The summed E-state index contributed by atoms with van der Waals surface area (Å²) in [6.07, 6.45) is 3.75. The van der Waals surface area contributed by atoms with Crippen LogP contribution >= 0.6 is 0 Å². The molecular weight excluding hydrogens is 304 g/mol. The van der Waals surface area contributed by atoms with E-state index in [1.807, 2.05) is 24.3 Å². The van der Waals surface area contributed by atoms with Gasteiger partial charge in [-0.3, -0.25) is 9.59 Å². The number of methoxy groups -OCH3 is 1. The van der Waals surface area contributed by atoms with E-state index < -0.39 is 0 Å². The van der Waals surface area contributed by atoms with Gasteiger partial charge in [0, 0.05) is 31.9 Å². The zero-order valence-electron chi connectivity index (χ0n) is 14.1. The number of hydrogen-bond acceptors (Lipinski definition) is 3. The maximum absolute atomic E-state index is 12.7. The van der Waals surface area contributed by atoms with Gasteiger partial charge in [0.2, 0.25) is 0 Å². The molecular formula is C19H20N2O3. The molecule has 0 saturated carbocycles. The molecule has 124 valence electrons. The second-order valence-corrected chi connectivity index (χ2v) is 5.93. The van der Waals surface area contributed by atoms with E-state index in [1.54, 1.807) is 35.9 Å². The predicted molar refractivity (Wildman–Crippen MR) is 92.3 cm³/mol. The molecule has 1 aliphatic rings. The van der Waals surface area contributed by atoms with Crippen LogP contribution in [-0.4, -0.2) is 41.4 Å². The lowest BCUT2D eigenvalue weighted by atomic mass is 10.1. The molecule has 1 amide bonds. The normalized spacial score (nSPS) is 13.8. The van der Waals surface area contributed by atoms with Gasteiger partial charge in [-0.25, -0.2) is 0 Å². The quantitative estimate of drug-likeness (QED) is 0.813. The van der Waals surface area contributed by atoms with Crippen LogP contribution in [0.25, 0.3) is 5.57 Å². The minimum absolute atomic E-state index is 0.0405. The summed E-state index contributed by atoms with van der Waals surface area (Å²) in [4.78, 5) is 26.0. The van der Waals surface area contributed by atoms with E-state index in [4.69, 9.17) is 4.74 Å². The number of rotatable bonds is 4. The van der Waals surface area contributed by atoms with Crippen LogP contribution in [0.2, 0.25) is 0 Å². The van der Waals surface area contributed by atoms with Crippen LogP contribution in [0.4, 0.5) is 0 Å². The van der Waals surface area contributed by atoms with Gasteiger partial charge in [0.05, 0.1) is 7.11 Å². The highest BCUT2D eigenvalue weighted by Gasteiger charge is 2.24. The molecule has 24 heavy (non-hydrogen) atoms. The zero-order chi connectivity index (χ0) is 17.3.